The summed E-state index contributed by atoms with van der Waals surface area (Å²) >= 11 is 0. The number of pyridine rings is 2. The summed E-state index contributed by atoms with van der Waals surface area (Å²) in [5, 5.41) is 13.1. The van der Waals surface area contributed by atoms with Gasteiger partial charge in [-0.1, -0.05) is 36.4 Å². The SMILES string of the molecule is OCCNc1cccc(-c2c[nH]c3ncc(-c4ccccc4)cc23)n1. The molecule has 4 aromatic rings. The van der Waals surface area contributed by atoms with Gasteiger partial charge in [-0.3, -0.25) is 0 Å². The molecule has 0 bridgehead atoms. The summed E-state index contributed by atoms with van der Waals surface area (Å²) in [6, 6.07) is 18.2. The number of hydrogen-bond donors (Lipinski definition) is 3. The van der Waals surface area contributed by atoms with Gasteiger partial charge in [0.15, 0.2) is 0 Å². The van der Waals surface area contributed by atoms with Crippen molar-refractivity contribution in [3.05, 3.63) is 67.0 Å². The van der Waals surface area contributed by atoms with Crippen molar-refractivity contribution in [2.45, 2.75) is 0 Å². The number of rotatable bonds is 5. The number of anilines is 1. The second-order valence-electron chi connectivity index (χ2n) is 5.75. The first kappa shape index (κ1) is 15.4. The minimum Gasteiger partial charge on any atom is -0.395 e. The van der Waals surface area contributed by atoms with Crippen molar-refractivity contribution in [1.82, 2.24) is 15.0 Å². The summed E-state index contributed by atoms with van der Waals surface area (Å²) in [5.41, 5.74) is 4.92. The third-order valence-electron chi connectivity index (χ3n) is 4.08. The molecule has 5 heteroatoms. The predicted molar refractivity (Wildman–Crippen MR) is 100 cm³/mol. The lowest BCUT2D eigenvalue weighted by Crippen LogP contribution is -2.06. The molecule has 25 heavy (non-hydrogen) atoms. The molecule has 0 amide bonds. The molecule has 3 aromatic heterocycles. The van der Waals surface area contributed by atoms with Gasteiger partial charge in [-0.25, -0.2) is 9.97 Å². The molecule has 0 atom stereocenters. The molecule has 3 N–H and O–H groups in total. The van der Waals surface area contributed by atoms with Gasteiger partial charge in [0.05, 0.1) is 12.3 Å². The maximum Gasteiger partial charge on any atom is 0.137 e. The zero-order valence-electron chi connectivity index (χ0n) is 13.6. The number of aromatic nitrogens is 3. The van der Waals surface area contributed by atoms with Gasteiger partial charge in [-0.15, -0.1) is 0 Å². The monoisotopic (exact) mass is 330 g/mol. The molecule has 0 unspecified atom stereocenters. The van der Waals surface area contributed by atoms with E-state index in [4.69, 9.17) is 5.11 Å². The molecular weight excluding hydrogens is 312 g/mol. The minimum atomic E-state index is 0.0728. The molecule has 0 aliphatic heterocycles. The molecule has 5 nitrogen and oxygen atoms in total. The van der Waals surface area contributed by atoms with Gasteiger partial charge in [0, 0.05) is 35.5 Å². The summed E-state index contributed by atoms with van der Waals surface area (Å²) in [6.45, 7) is 0.549. The van der Waals surface area contributed by atoms with Crippen LogP contribution in [-0.2, 0) is 0 Å². The number of nitrogens with zero attached hydrogens (tertiary/aromatic N) is 2. The van der Waals surface area contributed by atoms with Gasteiger partial charge in [-0.2, -0.15) is 0 Å². The van der Waals surface area contributed by atoms with Crippen molar-refractivity contribution < 1.29 is 5.11 Å². The molecule has 0 spiro atoms. The molecule has 4 rings (SSSR count). The number of H-pyrrole nitrogens is 1. The Morgan fingerprint density at radius 3 is 2.72 bits per heavy atom. The third kappa shape index (κ3) is 3.09. The van der Waals surface area contributed by atoms with E-state index in [9.17, 15) is 0 Å². The smallest absolute Gasteiger partial charge is 0.137 e. The van der Waals surface area contributed by atoms with Gasteiger partial charge < -0.3 is 15.4 Å². The van der Waals surface area contributed by atoms with Crippen molar-refractivity contribution in [3.8, 4) is 22.4 Å². The molecule has 0 aliphatic rings. The van der Waals surface area contributed by atoms with E-state index in [1.165, 1.54) is 0 Å². The third-order valence-corrected chi connectivity index (χ3v) is 4.08. The normalized spacial score (nSPS) is 10.9. The van der Waals surface area contributed by atoms with E-state index in [0.29, 0.717) is 6.54 Å². The molecule has 0 fully saturated rings. The fourth-order valence-corrected chi connectivity index (χ4v) is 2.87. The highest BCUT2D eigenvalue weighted by Crippen LogP contribution is 2.30. The molecule has 3 heterocycles. The fraction of sp³-hybridized carbons (Fsp3) is 0.100. The van der Waals surface area contributed by atoms with Crippen molar-refractivity contribution >= 4 is 16.9 Å². The van der Waals surface area contributed by atoms with Crippen LogP contribution < -0.4 is 5.32 Å². The largest absolute Gasteiger partial charge is 0.395 e. The van der Waals surface area contributed by atoms with Gasteiger partial charge in [-0.05, 0) is 23.8 Å². The first-order valence-electron chi connectivity index (χ1n) is 8.20. The first-order chi connectivity index (χ1) is 12.3. The quantitative estimate of drug-likeness (QED) is 0.522. The summed E-state index contributed by atoms with van der Waals surface area (Å²) in [5.74, 6) is 0.744. The van der Waals surface area contributed by atoms with Crippen LogP contribution in [0.4, 0.5) is 5.82 Å². The van der Waals surface area contributed by atoms with Crippen LogP contribution in [0.25, 0.3) is 33.4 Å². The van der Waals surface area contributed by atoms with Crippen LogP contribution in [-0.4, -0.2) is 33.2 Å². The fourth-order valence-electron chi connectivity index (χ4n) is 2.87. The number of nitrogens with one attached hydrogen (secondary N) is 2. The van der Waals surface area contributed by atoms with Crippen molar-refractivity contribution in [2.75, 3.05) is 18.5 Å². The number of aliphatic hydroxyl groups is 1. The van der Waals surface area contributed by atoms with Gasteiger partial charge in [0.25, 0.3) is 0 Å². The van der Waals surface area contributed by atoms with E-state index >= 15 is 0 Å². The Hall–Kier alpha value is -3.18. The first-order valence-corrected chi connectivity index (χ1v) is 8.20. The van der Waals surface area contributed by atoms with Crippen molar-refractivity contribution in [2.24, 2.45) is 0 Å². The molecule has 0 saturated heterocycles. The summed E-state index contributed by atoms with van der Waals surface area (Å²) in [6.07, 6.45) is 3.81. The second-order valence-corrected chi connectivity index (χ2v) is 5.75. The molecule has 124 valence electrons. The maximum atomic E-state index is 8.96. The van der Waals surface area contributed by atoms with E-state index in [-0.39, 0.29) is 6.61 Å². The van der Waals surface area contributed by atoms with Gasteiger partial charge in [0.2, 0.25) is 0 Å². The van der Waals surface area contributed by atoms with Crippen LogP contribution in [0.5, 0.6) is 0 Å². The topological polar surface area (TPSA) is 73.8 Å². The lowest BCUT2D eigenvalue weighted by Gasteiger charge is -2.06. The molecule has 0 aliphatic carbocycles. The standard InChI is InChI=1S/C20H18N4O/c25-10-9-21-19-8-4-7-18(24-19)17-13-23-20-16(17)11-15(12-22-20)14-5-2-1-3-6-14/h1-8,11-13,25H,9-10H2,(H,21,24)(H,22,23). The van der Waals surface area contributed by atoms with Crippen LogP contribution in [0.15, 0.2) is 67.0 Å². The predicted octanol–water partition coefficient (Wildman–Crippen LogP) is 3.70. The number of benzene rings is 1. The van der Waals surface area contributed by atoms with Crippen molar-refractivity contribution in [3.63, 3.8) is 0 Å². The highest BCUT2D eigenvalue weighted by molar-refractivity contribution is 5.95. The Balaban J connectivity index is 1.78. The highest BCUT2D eigenvalue weighted by Gasteiger charge is 2.10. The van der Waals surface area contributed by atoms with E-state index in [1.54, 1.807) is 0 Å². The lowest BCUT2D eigenvalue weighted by molar-refractivity contribution is 0.311. The number of hydrogen-bond acceptors (Lipinski definition) is 4. The number of fused-ring (bicyclic) bond motifs is 1. The molecular formula is C20H18N4O. The number of aliphatic hydroxyl groups excluding tert-OH is 1. The van der Waals surface area contributed by atoms with Crippen molar-refractivity contribution in [1.29, 1.82) is 0 Å². The second kappa shape index (κ2) is 6.75. The number of aromatic amines is 1. The minimum absolute atomic E-state index is 0.0728. The Bertz CT molecular complexity index is 995. The summed E-state index contributed by atoms with van der Waals surface area (Å²) < 4.78 is 0. The Morgan fingerprint density at radius 1 is 1.00 bits per heavy atom. The Kier molecular flexibility index (Phi) is 4.14. The van der Waals surface area contributed by atoms with Crippen LogP contribution in [0.3, 0.4) is 0 Å². The van der Waals surface area contributed by atoms with Crippen LogP contribution in [0.1, 0.15) is 0 Å². The zero-order valence-corrected chi connectivity index (χ0v) is 13.6. The Labute approximate surface area is 145 Å². The summed E-state index contributed by atoms with van der Waals surface area (Å²) in [4.78, 5) is 12.4. The average molecular weight is 330 g/mol. The maximum absolute atomic E-state index is 8.96. The highest BCUT2D eigenvalue weighted by atomic mass is 16.3. The lowest BCUT2D eigenvalue weighted by atomic mass is 10.0. The van der Waals surface area contributed by atoms with E-state index in [0.717, 1.165) is 39.2 Å². The van der Waals surface area contributed by atoms with Gasteiger partial charge >= 0.3 is 0 Å². The summed E-state index contributed by atoms with van der Waals surface area (Å²) in [7, 11) is 0. The zero-order chi connectivity index (χ0) is 17.1. The van der Waals surface area contributed by atoms with Crippen LogP contribution in [0.2, 0.25) is 0 Å². The van der Waals surface area contributed by atoms with E-state index < -0.39 is 0 Å². The van der Waals surface area contributed by atoms with E-state index in [1.807, 2.05) is 48.8 Å². The molecule has 1 aromatic carbocycles. The Morgan fingerprint density at radius 2 is 1.88 bits per heavy atom. The van der Waals surface area contributed by atoms with Crippen LogP contribution >= 0.6 is 0 Å². The van der Waals surface area contributed by atoms with Crippen LogP contribution in [0, 0.1) is 0 Å². The average Bonchev–Trinajstić information content (AvgIpc) is 3.10. The molecule has 0 saturated carbocycles. The van der Waals surface area contributed by atoms with E-state index in [2.05, 4.69) is 38.5 Å². The molecule has 0 radical (unpaired) electrons. The van der Waals surface area contributed by atoms with Gasteiger partial charge in [0.1, 0.15) is 11.5 Å².